The van der Waals surface area contributed by atoms with Gasteiger partial charge in [0.2, 0.25) is 0 Å². The van der Waals surface area contributed by atoms with Crippen molar-refractivity contribution < 1.29 is 0 Å². The van der Waals surface area contributed by atoms with Crippen molar-refractivity contribution in [2.75, 3.05) is 0 Å². The van der Waals surface area contributed by atoms with E-state index < -0.39 is 0 Å². The van der Waals surface area contributed by atoms with E-state index in [4.69, 9.17) is 0 Å². The Bertz CT molecular complexity index is 415. The molecular weight excluding hydrogens is 172 g/mol. The SMILES string of the molecule is Cc1cn(C)c(Cc2ccccc2)n1. The second-order valence-corrected chi connectivity index (χ2v) is 3.57. The first-order valence-electron chi connectivity index (χ1n) is 4.78. The van der Waals surface area contributed by atoms with Gasteiger partial charge in [-0.25, -0.2) is 4.98 Å². The molecule has 0 amide bonds. The van der Waals surface area contributed by atoms with E-state index in [2.05, 4.69) is 40.0 Å². The van der Waals surface area contributed by atoms with Crippen LogP contribution in [0.25, 0.3) is 0 Å². The van der Waals surface area contributed by atoms with Crippen molar-refractivity contribution in [3.63, 3.8) is 0 Å². The van der Waals surface area contributed by atoms with E-state index in [0.29, 0.717) is 0 Å². The Balaban J connectivity index is 2.23. The van der Waals surface area contributed by atoms with Gasteiger partial charge < -0.3 is 4.57 Å². The molecule has 0 aliphatic rings. The van der Waals surface area contributed by atoms with Gasteiger partial charge in [0.15, 0.2) is 0 Å². The maximum atomic E-state index is 4.47. The highest BCUT2D eigenvalue weighted by Crippen LogP contribution is 2.08. The summed E-state index contributed by atoms with van der Waals surface area (Å²) in [4.78, 5) is 4.47. The van der Waals surface area contributed by atoms with Gasteiger partial charge in [0, 0.05) is 19.7 Å². The van der Waals surface area contributed by atoms with Crippen LogP contribution in [0.4, 0.5) is 0 Å². The molecule has 1 aromatic heterocycles. The van der Waals surface area contributed by atoms with E-state index in [-0.39, 0.29) is 0 Å². The Kier molecular flexibility index (Phi) is 2.35. The first kappa shape index (κ1) is 9.00. The van der Waals surface area contributed by atoms with Gasteiger partial charge in [0.1, 0.15) is 5.82 Å². The standard InChI is InChI=1S/C12H14N2/c1-10-9-14(2)12(13-10)8-11-6-4-3-5-7-11/h3-7,9H,8H2,1-2H3. The Labute approximate surface area is 84.2 Å². The van der Waals surface area contributed by atoms with Crippen molar-refractivity contribution in [1.82, 2.24) is 9.55 Å². The second-order valence-electron chi connectivity index (χ2n) is 3.57. The van der Waals surface area contributed by atoms with Gasteiger partial charge in [-0.15, -0.1) is 0 Å². The predicted octanol–water partition coefficient (Wildman–Crippen LogP) is 2.32. The highest BCUT2D eigenvalue weighted by Gasteiger charge is 2.02. The molecule has 0 aliphatic heterocycles. The monoisotopic (exact) mass is 186 g/mol. The van der Waals surface area contributed by atoms with Crippen LogP contribution in [-0.4, -0.2) is 9.55 Å². The van der Waals surface area contributed by atoms with E-state index in [1.807, 2.05) is 20.0 Å². The number of hydrogen-bond acceptors (Lipinski definition) is 1. The summed E-state index contributed by atoms with van der Waals surface area (Å²) in [5, 5.41) is 0. The van der Waals surface area contributed by atoms with Crippen LogP contribution in [-0.2, 0) is 13.5 Å². The van der Waals surface area contributed by atoms with Crippen molar-refractivity contribution >= 4 is 0 Å². The minimum absolute atomic E-state index is 0.908. The molecule has 2 heteroatoms. The van der Waals surface area contributed by atoms with Crippen LogP contribution in [0.3, 0.4) is 0 Å². The summed E-state index contributed by atoms with van der Waals surface area (Å²) in [6, 6.07) is 10.4. The summed E-state index contributed by atoms with van der Waals surface area (Å²) in [7, 11) is 2.04. The van der Waals surface area contributed by atoms with Crippen molar-refractivity contribution in [2.24, 2.45) is 7.05 Å². The number of hydrogen-bond donors (Lipinski definition) is 0. The Hall–Kier alpha value is -1.57. The third-order valence-corrected chi connectivity index (χ3v) is 2.30. The zero-order chi connectivity index (χ0) is 9.97. The zero-order valence-electron chi connectivity index (χ0n) is 8.57. The fourth-order valence-electron chi connectivity index (χ4n) is 1.61. The van der Waals surface area contributed by atoms with Gasteiger partial charge in [-0.3, -0.25) is 0 Å². The average molecular weight is 186 g/mol. The molecule has 0 spiro atoms. The topological polar surface area (TPSA) is 17.8 Å². The summed E-state index contributed by atoms with van der Waals surface area (Å²) >= 11 is 0. The summed E-state index contributed by atoms with van der Waals surface area (Å²) in [5.74, 6) is 1.12. The lowest BCUT2D eigenvalue weighted by atomic mass is 10.1. The lowest BCUT2D eigenvalue weighted by Gasteiger charge is -2.00. The van der Waals surface area contributed by atoms with Gasteiger partial charge in [-0.1, -0.05) is 30.3 Å². The predicted molar refractivity (Wildman–Crippen MR) is 57.2 cm³/mol. The lowest BCUT2D eigenvalue weighted by Crippen LogP contribution is -1.97. The van der Waals surface area contributed by atoms with E-state index >= 15 is 0 Å². The molecule has 72 valence electrons. The summed E-state index contributed by atoms with van der Waals surface area (Å²) < 4.78 is 2.09. The minimum atomic E-state index is 0.908. The fraction of sp³-hybridized carbons (Fsp3) is 0.250. The van der Waals surface area contributed by atoms with Gasteiger partial charge in [0.25, 0.3) is 0 Å². The van der Waals surface area contributed by atoms with Gasteiger partial charge in [0.05, 0.1) is 5.69 Å². The Morgan fingerprint density at radius 1 is 1.21 bits per heavy atom. The van der Waals surface area contributed by atoms with Crippen molar-refractivity contribution in [1.29, 1.82) is 0 Å². The molecule has 2 rings (SSSR count). The van der Waals surface area contributed by atoms with Crippen molar-refractivity contribution in [3.05, 3.63) is 53.6 Å². The quantitative estimate of drug-likeness (QED) is 0.703. The number of rotatable bonds is 2. The number of imidazole rings is 1. The van der Waals surface area contributed by atoms with Gasteiger partial charge in [-0.05, 0) is 12.5 Å². The summed E-state index contributed by atoms with van der Waals surface area (Å²) in [5.41, 5.74) is 2.39. The molecule has 0 unspecified atom stereocenters. The maximum Gasteiger partial charge on any atom is 0.113 e. The van der Waals surface area contributed by atoms with Crippen LogP contribution in [0.2, 0.25) is 0 Å². The molecule has 0 saturated carbocycles. The normalized spacial score (nSPS) is 10.4. The van der Waals surface area contributed by atoms with Crippen molar-refractivity contribution in [3.8, 4) is 0 Å². The number of aromatic nitrogens is 2. The number of benzene rings is 1. The number of aryl methyl sites for hydroxylation is 2. The third kappa shape index (κ3) is 1.84. The van der Waals surface area contributed by atoms with Crippen LogP contribution < -0.4 is 0 Å². The smallest absolute Gasteiger partial charge is 0.113 e. The molecule has 0 atom stereocenters. The van der Waals surface area contributed by atoms with Gasteiger partial charge in [-0.2, -0.15) is 0 Å². The molecule has 1 heterocycles. The van der Waals surface area contributed by atoms with E-state index in [0.717, 1.165) is 17.9 Å². The Morgan fingerprint density at radius 2 is 1.93 bits per heavy atom. The lowest BCUT2D eigenvalue weighted by molar-refractivity contribution is 0.822. The van der Waals surface area contributed by atoms with Crippen LogP contribution in [0.15, 0.2) is 36.5 Å². The van der Waals surface area contributed by atoms with Crippen LogP contribution in [0.5, 0.6) is 0 Å². The largest absolute Gasteiger partial charge is 0.337 e. The van der Waals surface area contributed by atoms with E-state index in [1.165, 1.54) is 5.56 Å². The zero-order valence-corrected chi connectivity index (χ0v) is 8.57. The van der Waals surface area contributed by atoms with E-state index in [9.17, 15) is 0 Å². The van der Waals surface area contributed by atoms with Crippen LogP contribution in [0, 0.1) is 6.92 Å². The Morgan fingerprint density at radius 3 is 2.50 bits per heavy atom. The summed E-state index contributed by atoms with van der Waals surface area (Å²) in [6.45, 7) is 2.02. The van der Waals surface area contributed by atoms with Crippen LogP contribution >= 0.6 is 0 Å². The molecule has 2 aromatic rings. The molecule has 0 bridgehead atoms. The van der Waals surface area contributed by atoms with E-state index in [1.54, 1.807) is 0 Å². The molecule has 1 aromatic carbocycles. The average Bonchev–Trinajstić information content (AvgIpc) is 2.47. The molecule has 0 fully saturated rings. The highest BCUT2D eigenvalue weighted by molar-refractivity contribution is 5.19. The van der Waals surface area contributed by atoms with Crippen LogP contribution in [0.1, 0.15) is 17.1 Å². The minimum Gasteiger partial charge on any atom is -0.337 e. The molecule has 14 heavy (non-hydrogen) atoms. The maximum absolute atomic E-state index is 4.47. The molecule has 0 radical (unpaired) electrons. The first-order chi connectivity index (χ1) is 6.75. The fourth-order valence-corrected chi connectivity index (χ4v) is 1.61. The number of nitrogens with zero attached hydrogens (tertiary/aromatic N) is 2. The first-order valence-corrected chi connectivity index (χ1v) is 4.78. The molecule has 0 saturated heterocycles. The second kappa shape index (κ2) is 3.66. The van der Waals surface area contributed by atoms with Gasteiger partial charge >= 0.3 is 0 Å². The molecule has 0 N–H and O–H groups in total. The summed E-state index contributed by atoms with van der Waals surface area (Å²) in [6.07, 6.45) is 2.96. The van der Waals surface area contributed by atoms with Crippen molar-refractivity contribution in [2.45, 2.75) is 13.3 Å². The molecule has 2 nitrogen and oxygen atoms in total. The molecular formula is C12H14N2. The third-order valence-electron chi connectivity index (χ3n) is 2.30. The molecule has 0 aliphatic carbocycles. The highest BCUT2D eigenvalue weighted by atomic mass is 15.0.